The lowest BCUT2D eigenvalue weighted by Gasteiger charge is -1.97. The Balaban J connectivity index is 3.48. The molecule has 12 heavy (non-hydrogen) atoms. The first-order valence-corrected chi connectivity index (χ1v) is 3.09. The lowest BCUT2D eigenvalue weighted by molar-refractivity contribution is 0.0651. The monoisotopic (exact) mass is 170 g/mol. The van der Waals surface area contributed by atoms with Crippen LogP contribution in [-0.2, 0) is 0 Å². The Hall–Kier alpha value is -1.78. The molecule has 0 saturated carbocycles. The fourth-order valence-electron chi connectivity index (χ4n) is 0.749. The molecule has 0 amide bonds. The van der Waals surface area contributed by atoms with Gasteiger partial charge in [0.05, 0.1) is 0 Å². The Morgan fingerprint density at radius 3 is 2.67 bits per heavy atom. The summed E-state index contributed by atoms with van der Waals surface area (Å²) in [4.78, 5) is 21.1. The van der Waals surface area contributed by atoms with Gasteiger partial charge in [-0.3, -0.25) is 4.79 Å². The van der Waals surface area contributed by atoms with Gasteiger partial charge in [0.2, 0.25) is 11.2 Å². The lowest BCUT2D eigenvalue weighted by atomic mass is 10.3. The molecule has 0 aliphatic rings. The molecule has 0 aliphatic heterocycles. The molecule has 0 aliphatic carbocycles. The normalized spacial score (nSPS) is 9.75. The molecule has 5 heteroatoms. The minimum absolute atomic E-state index is 0.148. The van der Waals surface area contributed by atoms with Gasteiger partial charge in [-0.2, -0.15) is 0 Å². The van der Waals surface area contributed by atoms with Crippen LogP contribution < -0.4 is 5.43 Å². The summed E-state index contributed by atoms with van der Waals surface area (Å²) in [7, 11) is 0. The molecule has 1 aromatic rings. The van der Waals surface area contributed by atoms with E-state index in [-0.39, 0.29) is 5.76 Å². The average molecular weight is 170 g/mol. The van der Waals surface area contributed by atoms with Crippen LogP contribution in [0.5, 0.6) is 5.75 Å². The van der Waals surface area contributed by atoms with Crippen molar-refractivity contribution in [1.82, 2.24) is 0 Å². The summed E-state index contributed by atoms with van der Waals surface area (Å²) in [5, 5.41) is 17.3. The summed E-state index contributed by atoms with van der Waals surface area (Å²) in [6.07, 6.45) is 0. The molecule has 5 nitrogen and oxygen atoms in total. The summed E-state index contributed by atoms with van der Waals surface area (Å²) in [6.45, 7) is 1.42. The topological polar surface area (TPSA) is 87.7 Å². The van der Waals surface area contributed by atoms with Crippen molar-refractivity contribution in [3.05, 3.63) is 27.8 Å². The molecule has 0 fully saturated rings. The molecule has 0 bridgehead atoms. The van der Waals surface area contributed by atoms with Crippen molar-refractivity contribution in [2.24, 2.45) is 0 Å². The van der Waals surface area contributed by atoms with Crippen LogP contribution >= 0.6 is 0 Å². The third kappa shape index (κ3) is 1.29. The van der Waals surface area contributed by atoms with E-state index in [1.54, 1.807) is 0 Å². The van der Waals surface area contributed by atoms with Crippen LogP contribution in [-0.4, -0.2) is 16.2 Å². The fraction of sp³-hybridized carbons (Fsp3) is 0.143. The van der Waals surface area contributed by atoms with E-state index in [4.69, 9.17) is 10.2 Å². The van der Waals surface area contributed by atoms with Crippen molar-refractivity contribution in [2.45, 2.75) is 6.92 Å². The summed E-state index contributed by atoms with van der Waals surface area (Å²) in [5.74, 6) is -2.91. The number of aromatic carboxylic acids is 1. The van der Waals surface area contributed by atoms with Gasteiger partial charge in [0.1, 0.15) is 5.76 Å². The van der Waals surface area contributed by atoms with Gasteiger partial charge in [-0.25, -0.2) is 4.79 Å². The van der Waals surface area contributed by atoms with E-state index in [2.05, 4.69) is 4.42 Å². The smallest absolute Gasteiger partial charge is 0.375 e. The number of carboxylic acids is 1. The van der Waals surface area contributed by atoms with Crippen molar-refractivity contribution in [3.8, 4) is 5.75 Å². The van der Waals surface area contributed by atoms with E-state index in [0.29, 0.717) is 0 Å². The third-order valence-electron chi connectivity index (χ3n) is 1.24. The predicted octanol–water partition coefficient (Wildman–Crippen LogP) is 0.352. The largest absolute Gasteiger partial charge is 0.501 e. The highest BCUT2D eigenvalue weighted by atomic mass is 16.4. The minimum Gasteiger partial charge on any atom is -0.501 e. The van der Waals surface area contributed by atoms with Gasteiger partial charge in [0, 0.05) is 6.07 Å². The molecule has 1 heterocycles. The zero-order chi connectivity index (χ0) is 9.30. The van der Waals surface area contributed by atoms with Gasteiger partial charge in [-0.15, -0.1) is 0 Å². The molecule has 0 aromatic carbocycles. The maximum Gasteiger partial charge on any atom is 0.375 e. The molecule has 1 rings (SSSR count). The Bertz CT molecular complexity index is 376. The molecule has 0 unspecified atom stereocenters. The number of rotatable bonds is 1. The molecule has 0 spiro atoms. The van der Waals surface area contributed by atoms with Crippen molar-refractivity contribution in [3.63, 3.8) is 0 Å². The second-order valence-corrected chi connectivity index (χ2v) is 2.20. The zero-order valence-corrected chi connectivity index (χ0v) is 6.20. The molecule has 64 valence electrons. The minimum atomic E-state index is -1.46. The molecule has 1 aromatic heterocycles. The van der Waals surface area contributed by atoms with E-state index in [1.807, 2.05) is 0 Å². The lowest BCUT2D eigenvalue weighted by Crippen LogP contribution is -2.07. The van der Waals surface area contributed by atoms with Crippen molar-refractivity contribution in [1.29, 1.82) is 0 Å². The Morgan fingerprint density at radius 1 is 1.58 bits per heavy atom. The first-order chi connectivity index (χ1) is 5.52. The number of hydrogen-bond donors (Lipinski definition) is 2. The summed E-state index contributed by atoms with van der Waals surface area (Å²) >= 11 is 0. The van der Waals surface area contributed by atoms with Gasteiger partial charge in [-0.05, 0) is 6.92 Å². The Kier molecular flexibility index (Phi) is 1.86. The first-order valence-electron chi connectivity index (χ1n) is 3.09. The second kappa shape index (κ2) is 2.69. The average Bonchev–Trinajstić information content (AvgIpc) is 1.96. The number of carbonyl (C=O) groups is 1. The van der Waals surface area contributed by atoms with E-state index < -0.39 is 22.9 Å². The molecular weight excluding hydrogens is 164 g/mol. The van der Waals surface area contributed by atoms with Crippen LogP contribution in [0.4, 0.5) is 0 Å². The quantitative estimate of drug-likeness (QED) is 0.634. The number of aromatic hydroxyl groups is 1. The number of carboxylic acid groups (broad SMARTS) is 1. The van der Waals surface area contributed by atoms with Crippen molar-refractivity contribution in [2.75, 3.05) is 0 Å². The second-order valence-electron chi connectivity index (χ2n) is 2.20. The van der Waals surface area contributed by atoms with Crippen LogP contribution in [0, 0.1) is 6.92 Å². The summed E-state index contributed by atoms with van der Waals surface area (Å²) < 4.78 is 4.60. The van der Waals surface area contributed by atoms with E-state index in [1.165, 1.54) is 6.92 Å². The highest BCUT2D eigenvalue weighted by molar-refractivity contribution is 5.87. The van der Waals surface area contributed by atoms with Gasteiger partial charge in [0.15, 0.2) is 0 Å². The van der Waals surface area contributed by atoms with Crippen LogP contribution in [0.1, 0.15) is 16.3 Å². The van der Waals surface area contributed by atoms with Gasteiger partial charge < -0.3 is 14.6 Å². The van der Waals surface area contributed by atoms with Gasteiger partial charge in [0.25, 0.3) is 5.76 Å². The van der Waals surface area contributed by atoms with Crippen LogP contribution in [0.25, 0.3) is 0 Å². The summed E-state index contributed by atoms with van der Waals surface area (Å²) in [5.41, 5.74) is -0.754. The van der Waals surface area contributed by atoms with Crippen LogP contribution in [0.3, 0.4) is 0 Å². The first kappa shape index (κ1) is 8.32. The SMILES string of the molecule is Cc1cc(=O)c(O)c(C(=O)O)o1. The summed E-state index contributed by atoms with van der Waals surface area (Å²) in [6, 6.07) is 1.02. The molecule has 0 saturated heterocycles. The Labute approximate surface area is 66.9 Å². The van der Waals surface area contributed by atoms with Crippen molar-refractivity contribution < 1.29 is 19.4 Å². The third-order valence-corrected chi connectivity index (χ3v) is 1.24. The number of aryl methyl sites for hydroxylation is 1. The standard InChI is InChI=1S/C7H6O5/c1-3-2-4(8)5(9)6(12-3)7(10)11/h2,9H,1H3,(H,10,11). The highest BCUT2D eigenvalue weighted by Gasteiger charge is 2.15. The fourth-order valence-corrected chi connectivity index (χ4v) is 0.749. The maximum absolute atomic E-state index is 10.8. The van der Waals surface area contributed by atoms with Gasteiger partial charge >= 0.3 is 5.97 Å². The Morgan fingerprint density at radius 2 is 2.17 bits per heavy atom. The van der Waals surface area contributed by atoms with E-state index in [0.717, 1.165) is 6.07 Å². The maximum atomic E-state index is 10.8. The van der Waals surface area contributed by atoms with Crippen LogP contribution in [0.15, 0.2) is 15.3 Å². The molecule has 0 radical (unpaired) electrons. The highest BCUT2D eigenvalue weighted by Crippen LogP contribution is 2.12. The molecule has 2 N–H and O–H groups in total. The van der Waals surface area contributed by atoms with Crippen molar-refractivity contribution >= 4 is 5.97 Å². The zero-order valence-electron chi connectivity index (χ0n) is 6.20. The van der Waals surface area contributed by atoms with E-state index >= 15 is 0 Å². The molecular formula is C7H6O5. The van der Waals surface area contributed by atoms with Crippen LogP contribution in [0.2, 0.25) is 0 Å². The van der Waals surface area contributed by atoms with Gasteiger partial charge in [-0.1, -0.05) is 0 Å². The molecule has 0 atom stereocenters. The predicted molar refractivity (Wildman–Crippen MR) is 38.3 cm³/mol. The number of hydrogen-bond acceptors (Lipinski definition) is 4. The van der Waals surface area contributed by atoms with E-state index in [9.17, 15) is 9.59 Å².